The molecule has 0 aliphatic rings. The normalized spacial score (nSPS) is 10.6. The summed E-state index contributed by atoms with van der Waals surface area (Å²) in [6.07, 6.45) is 2.12. The van der Waals surface area contributed by atoms with Crippen molar-refractivity contribution in [1.29, 1.82) is 0 Å². The molecule has 0 amide bonds. The lowest BCUT2D eigenvalue weighted by Gasteiger charge is -2.01. The summed E-state index contributed by atoms with van der Waals surface area (Å²) in [6, 6.07) is 8.27. The quantitative estimate of drug-likeness (QED) is 0.643. The van der Waals surface area contributed by atoms with Crippen molar-refractivity contribution in [3.05, 3.63) is 29.8 Å². The third-order valence-electron chi connectivity index (χ3n) is 2.22. The third-order valence-corrected chi connectivity index (χ3v) is 5.07. The molecule has 0 radical (unpaired) electrons. The van der Waals surface area contributed by atoms with Crippen LogP contribution in [-0.4, -0.2) is 28.0 Å². The van der Waals surface area contributed by atoms with Crippen molar-refractivity contribution < 1.29 is 0 Å². The minimum Gasteiger partial charge on any atom is -0.330 e. The van der Waals surface area contributed by atoms with Crippen LogP contribution >= 0.6 is 34.9 Å². The van der Waals surface area contributed by atoms with Crippen molar-refractivity contribution in [3.63, 3.8) is 0 Å². The van der Waals surface area contributed by atoms with Crippen LogP contribution in [-0.2, 0) is 0 Å². The molecule has 1 heterocycles. The maximum Gasteiger partial charge on any atom is 0.210 e. The molecule has 0 fully saturated rings. The van der Waals surface area contributed by atoms with Gasteiger partial charge in [-0.25, -0.2) is 0 Å². The van der Waals surface area contributed by atoms with Gasteiger partial charge in [-0.15, -0.1) is 10.2 Å². The molecule has 6 heteroatoms. The SMILES string of the molecule is CSCCSc1nnc(Nc2ccc(C)cc2)s1. The largest absolute Gasteiger partial charge is 0.330 e. The fraction of sp³-hybridized carbons (Fsp3) is 0.333. The molecule has 2 rings (SSSR count). The van der Waals surface area contributed by atoms with Gasteiger partial charge in [-0.1, -0.05) is 40.8 Å². The molecule has 0 saturated carbocycles. The smallest absolute Gasteiger partial charge is 0.210 e. The molecule has 96 valence electrons. The van der Waals surface area contributed by atoms with E-state index in [1.165, 1.54) is 5.56 Å². The number of rotatable bonds is 6. The molecule has 0 aliphatic heterocycles. The number of aromatic nitrogens is 2. The van der Waals surface area contributed by atoms with Crippen LogP contribution < -0.4 is 5.32 Å². The van der Waals surface area contributed by atoms with Gasteiger partial charge in [0.2, 0.25) is 5.13 Å². The van der Waals surface area contributed by atoms with E-state index in [-0.39, 0.29) is 0 Å². The van der Waals surface area contributed by atoms with Crippen molar-refractivity contribution in [2.24, 2.45) is 0 Å². The molecular weight excluding hydrogens is 282 g/mol. The minimum absolute atomic E-state index is 0.852. The monoisotopic (exact) mass is 297 g/mol. The van der Waals surface area contributed by atoms with E-state index in [0.717, 1.165) is 26.7 Å². The number of thioether (sulfide) groups is 2. The molecule has 0 spiro atoms. The Kier molecular flexibility index (Phi) is 5.34. The van der Waals surface area contributed by atoms with Gasteiger partial charge in [0.1, 0.15) is 0 Å². The molecule has 1 aromatic carbocycles. The lowest BCUT2D eigenvalue weighted by atomic mass is 10.2. The number of hydrogen-bond donors (Lipinski definition) is 1. The van der Waals surface area contributed by atoms with Crippen molar-refractivity contribution in [2.75, 3.05) is 23.1 Å². The van der Waals surface area contributed by atoms with Crippen molar-refractivity contribution in [2.45, 2.75) is 11.3 Å². The van der Waals surface area contributed by atoms with Crippen LogP contribution in [0.1, 0.15) is 5.56 Å². The van der Waals surface area contributed by atoms with Crippen LogP contribution in [0.25, 0.3) is 0 Å². The molecule has 1 aromatic heterocycles. The third kappa shape index (κ3) is 4.19. The summed E-state index contributed by atoms with van der Waals surface area (Å²) in [7, 11) is 0. The second-order valence-corrected chi connectivity index (χ2v) is 7.01. The predicted molar refractivity (Wildman–Crippen MR) is 83.5 cm³/mol. The molecular formula is C12H15N3S3. The van der Waals surface area contributed by atoms with Gasteiger partial charge in [0.15, 0.2) is 4.34 Å². The van der Waals surface area contributed by atoms with Crippen molar-refractivity contribution in [1.82, 2.24) is 10.2 Å². The van der Waals surface area contributed by atoms with Gasteiger partial charge in [0.25, 0.3) is 0 Å². The first-order valence-electron chi connectivity index (χ1n) is 5.57. The van der Waals surface area contributed by atoms with Gasteiger partial charge < -0.3 is 5.32 Å². The van der Waals surface area contributed by atoms with E-state index in [2.05, 4.69) is 53.0 Å². The highest BCUT2D eigenvalue weighted by atomic mass is 32.2. The number of nitrogens with one attached hydrogen (secondary N) is 1. The molecule has 1 N–H and O–H groups in total. The van der Waals surface area contributed by atoms with Gasteiger partial charge in [0.05, 0.1) is 0 Å². The van der Waals surface area contributed by atoms with E-state index in [4.69, 9.17) is 0 Å². The molecule has 0 saturated heterocycles. The highest BCUT2D eigenvalue weighted by molar-refractivity contribution is 8.03. The Morgan fingerprint density at radius 3 is 2.67 bits per heavy atom. The number of nitrogens with zero attached hydrogens (tertiary/aromatic N) is 2. The summed E-state index contributed by atoms with van der Waals surface area (Å²) >= 11 is 5.22. The molecule has 0 aliphatic carbocycles. The number of benzene rings is 1. The molecule has 3 nitrogen and oxygen atoms in total. The van der Waals surface area contributed by atoms with Gasteiger partial charge in [0, 0.05) is 17.2 Å². The summed E-state index contributed by atoms with van der Waals surface area (Å²) in [4.78, 5) is 0. The van der Waals surface area contributed by atoms with E-state index in [0.29, 0.717) is 0 Å². The van der Waals surface area contributed by atoms with Gasteiger partial charge in [-0.3, -0.25) is 0 Å². The number of aryl methyl sites for hydroxylation is 1. The maximum atomic E-state index is 4.16. The Balaban J connectivity index is 1.91. The van der Waals surface area contributed by atoms with Crippen molar-refractivity contribution >= 4 is 45.7 Å². The summed E-state index contributed by atoms with van der Waals surface area (Å²) < 4.78 is 1.03. The molecule has 0 atom stereocenters. The molecule has 0 bridgehead atoms. The van der Waals surface area contributed by atoms with E-state index in [1.807, 2.05) is 11.8 Å². The minimum atomic E-state index is 0.852. The van der Waals surface area contributed by atoms with E-state index in [9.17, 15) is 0 Å². The number of hydrogen-bond acceptors (Lipinski definition) is 6. The van der Waals surface area contributed by atoms with Gasteiger partial charge >= 0.3 is 0 Å². The number of anilines is 2. The Labute approximate surface area is 120 Å². The topological polar surface area (TPSA) is 37.8 Å². The Hall–Kier alpha value is -0.720. The molecule has 2 aromatic rings. The molecule has 0 unspecified atom stereocenters. The van der Waals surface area contributed by atoms with Crippen LogP contribution in [0.4, 0.5) is 10.8 Å². The molecule has 18 heavy (non-hydrogen) atoms. The lowest BCUT2D eigenvalue weighted by molar-refractivity contribution is 1.01. The second kappa shape index (κ2) is 7.01. The Bertz CT molecular complexity index is 482. The summed E-state index contributed by atoms with van der Waals surface area (Å²) in [6.45, 7) is 2.08. The summed E-state index contributed by atoms with van der Waals surface area (Å²) in [5.74, 6) is 2.23. The fourth-order valence-corrected chi connectivity index (χ4v) is 3.78. The van der Waals surface area contributed by atoms with E-state index < -0.39 is 0 Å². The first kappa shape index (κ1) is 13.7. The van der Waals surface area contributed by atoms with Crippen LogP contribution in [0.3, 0.4) is 0 Å². The first-order chi connectivity index (χ1) is 8.78. The summed E-state index contributed by atoms with van der Waals surface area (Å²) in [5, 5.41) is 12.4. The van der Waals surface area contributed by atoms with Gasteiger partial charge in [-0.2, -0.15) is 11.8 Å². The van der Waals surface area contributed by atoms with Crippen molar-refractivity contribution in [3.8, 4) is 0 Å². The van der Waals surface area contributed by atoms with Crippen LogP contribution in [0.15, 0.2) is 28.6 Å². The van der Waals surface area contributed by atoms with Crippen LogP contribution in [0, 0.1) is 6.92 Å². The fourth-order valence-electron chi connectivity index (χ4n) is 1.29. The van der Waals surface area contributed by atoms with Gasteiger partial charge in [-0.05, 0) is 25.3 Å². The Morgan fingerprint density at radius 1 is 1.17 bits per heavy atom. The zero-order chi connectivity index (χ0) is 12.8. The lowest BCUT2D eigenvalue weighted by Crippen LogP contribution is -1.88. The average Bonchev–Trinajstić information content (AvgIpc) is 2.80. The van der Waals surface area contributed by atoms with E-state index >= 15 is 0 Å². The highest BCUT2D eigenvalue weighted by Crippen LogP contribution is 2.27. The maximum absolute atomic E-state index is 4.16. The highest BCUT2D eigenvalue weighted by Gasteiger charge is 2.04. The predicted octanol–water partition coefficient (Wildman–Crippen LogP) is 4.05. The van der Waals surface area contributed by atoms with Crippen LogP contribution in [0.5, 0.6) is 0 Å². The standard InChI is InChI=1S/C12H15N3S3/c1-9-3-5-10(6-4-9)13-11-14-15-12(18-11)17-8-7-16-2/h3-6H,7-8H2,1-2H3,(H,13,14). The first-order valence-corrected chi connectivity index (χ1v) is 8.76. The van der Waals surface area contributed by atoms with E-state index in [1.54, 1.807) is 23.1 Å². The average molecular weight is 297 g/mol. The van der Waals surface area contributed by atoms with Crippen LogP contribution in [0.2, 0.25) is 0 Å². The summed E-state index contributed by atoms with van der Waals surface area (Å²) in [5.41, 5.74) is 2.31. The Morgan fingerprint density at radius 2 is 1.94 bits per heavy atom. The zero-order valence-electron chi connectivity index (χ0n) is 10.3. The zero-order valence-corrected chi connectivity index (χ0v) is 12.8. The second-order valence-electron chi connectivity index (χ2n) is 3.71.